The number of carbonyl (C=O) groups excluding carboxylic acids is 1. The Morgan fingerprint density at radius 1 is 1.31 bits per heavy atom. The Bertz CT molecular complexity index is 286. The lowest BCUT2D eigenvalue weighted by Gasteiger charge is -2.18. The van der Waals surface area contributed by atoms with Crippen molar-refractivity contribution in [3.05, 3.63) is 0 Å². The fraction of sp³-hybridized carbons (Fsp3) is 0.857. The Labute approximate surface area is 78.0 Å². The van der Waals surface area contributed by atoms with Crippen LogP contribution in [-0.4, -0.2) is 51.0 Å². The highest BCUT2D eigenvalue weighted by molar-refractivity contribution is 7.91. The average molecular weight is 206 g/mol. The molecule has 0 bridgehead atoms. The maximum atomic E-state index is 11.2. The monoisotopic (exact) mass is 206 g/mol. The first-order valence-electron chi connectivity index (χ1n) is 4.22. The molecule has 2 amide bonds. The van der Waals surface area contributed by atoms with E-state index < -0.39 is 9.84 Å². The van der Waals surface area contributed by atoms with Gasteiger partial charge in [-0.1, -0.05) is 0 Å². The third-order valence-corrected chi connectivity index (χ3v) is 3.77. The lowest BCUT2D eigenvalue weighted by molar-refractivity contribution is 0.204. The van der Waals surface area contributed by atoms with E-state index in [1.165, 1.54) is 4.90 Å². The maximum absolute atomic E-state index is 11.2. The van der Waals surface area contributed by atoms with Crippen LogP contribution < -0.4 is 5.32 Å². The third kappa shape index (κ3) is 2.87. The van der Waals surface area contributed by atoms with Gasteiger partial charge in [-0.05, 0) is 6.42 Å². The lowest BCUT2D eigenvalue weighted by Crippen LogP contribution is -2.39. The highest BCUT2D eigenvalue weighted by atomic mass is 32.2. The summed E-state index contributed by atoms with van der Waals surface area (Å²) >= 11 is 0. The van der Waals surface area contributed by atoms with Gasteiger partial charge in [-0.25, -0.2) is 13.2 Å². The third-order valence-electron chi connectivity index (χ3n) is 2.06. The smallest absolute Gasteiger partial charge is 0.317 e. The van der Waals surface area contributed by atoms with E-state index in [0.29, 0.717) is 19.5 Å². The van der Waals surface area contributed by atoms with Crippen LogP contribution in [0.15, 0.2) is 0 Å². The molecule has 13 heavy (non-hydrogen) atoms. The number of carbonyl (C=O) groups is 1. The van der Waals surface area contributed by atoms with Crippen LogP contribution in [-0.2, 0) is 9.84 Å². The molecular formula is C7H14N2O3S. The number of rotatable bonds is 0. The number of nitrogens with one attached hydrogen (secondary N) is 1. The van der Waals surface area contributed by atoms with Crippen molar-refractivity contribution in [1.82, 2.24) is 10.2 Å². The van der Waals surface area contributed by atoms with Crippen LogP contribution in [0.5, 0.6) is 0 Å². The number of hydrogen-bond donors (Lipinski definition) is 1. The zero-order valence-corrected chi connectivity index (χ0v) is 8.43. The number of amides is 2. The molecule has 1 fully saturated rings. The van der Waals surface area contributed by atoms with E-state index in [2.05, 4.69) is 5.32 Å². The molecule has 1 rings (SSSR count). The molecule has 5 nitrogen and oxygen atoms in total. The first-order valence-corrected chi connectivity index (χ1v) is 6.04. The van der Waals surface area contributed by atoms with Crippen molar-refractivity contribution in [2.75, 3.05) is 31.6 Å². The molecule has 0 radical (unpaired) electrons. The van der Waals surface area contributed by atoms with Gasteiger partial charge < -0.3 is 10.2 Å². The summed E-state index contributed by atoms with van der Waals surface area (Å²) in [5.74, 6) is 0.279. The zero-order chi connectivity index (χ0) is 9.90. The second-order valence-corrected chi connectivity index (χ2v) is 5.35. The van der Waals surface area contributed by atoms with E-state index in [4.69, 9.17) is 0 Å². The van der Waals surface area contributed by atoms with E-state index in [0.717, 1.165) is 0 Å². The quantitative estimate of drug-likeness (QED) is 0.578. The van der Waals surface area contributed by atoms with E-state index in [1.807, 2.05) is 0 Å². The molecule has 1 N–H and O–H groups in total. The summed E-state index contributed by atoms with van der Waals surface area (Å²) in [4.78, 5) is 12.7. The van der Waals surface area contributed by atoms with Crippen molar-refractivity contribution in [2.45, 2.75) is 6.42 Å². The van der Waals surface area contributed by atoms with Gasteiger partial charge in [-0.15, -0.1) is 0 Å². The van der Waals surface area contributed by atoms with Crippen LogP contribution >= 0.6 is 0 Å². The zero-order valence-electron chi connectivity index (χ0n) is 7.62. The SMILES string of the molecule is CNC(=O)N1CCCS(=O)(=O)CC1. The molecule has 76 valence electrons. The van der Waals surface area contributed by atoms with Crippen molar-refractivity contribution in [3.8, 4) is 0 Å². The van der Waals surface area contributed by atoms with Gasteiger partial charge in [-0.2, -0.15) is 0 Å². The van der Waals surface area contributed by atoms with Crippen molar-refractivity contribution >= 4 is 15.9 Å². The molecule has 1 aliphatic heterocycles. The van der Waals surface area contributed by atoms with Gasteiger partial charge in [0.1, 0.15) is 0 Å². The summed E-state index contributed by atoms with van der Waals surface area (Å²) in [6.07, 6.45) is 0.537. The molecule has 0 aromatic heterocycles. The minimum Gasteiger partial charge on any atom is -0.341 e. The van der Waals surface area contributed by atoms with Gasteiger partial charge in [0.2, 0.25) is 0 Å². The normalized spacial score (nSPS) is 22.1. The molecule has 1 saturated heterocycles. The van der Waals surface area contributed by atoms with Crippen LogP contribution in [0, 0.1) is 0 Å². The summed E-state index contributed by atoms with van der Waals surface area (Å²) in [6.45, 7) is 0.834. The second-order valence-electron chi connectivity index (χ2n) is 3.05. The fourth-order valence-corrected chi connectivity index (χ4v) is 2.57. The van der Waals surface area contributed by atoms with Gasteiger partial charge in [0.05, 0.1) is 11.5 Å². The molecular weight excluding hydrogens is 192 g/mol. The average Bonchev–Trinajstić information content (AvgIpc) is 2.25. The minimum absolute atomic E-state index is 0.0837. The maximum Gasteiger partial charge on any atom is 0.317 e. The Kier molecular flexibility index (Phi) is 3.13. The minimum atomic E-state index is -2.92. The summed E-state index contributed by atoms with van der Waals surface area (Å²) in [5.41, 5.74) is 0. The predicted octanol–water partition coefficient (Wildman–Crippen LogP) is -0.554. The van der Waals surface area contributed by atoms with Crippen molar-refractivity contribution in [1.29, 1.82) is 0 Å². The topological polar surface area (TPSA) is 66.5 Å². The van der Waals surface area contributed by atoms with Crippen molar-refractivity contribution < 1.29 is 13.2 Å². The highest BCUT2D eigenvalue weighted by Gasteiger charge is 2.21. The van der Waals surface area contributed by atoms with Gasteiger partial charge in [0.15, 0.2) is 9.84 Å². The first-order chi connectivity index (χ1) is 6.05. The molecule has 0 aromatic rings. The number of sulfone groups is 1. The van der Waals surface area contributed by atoms with Gasteiger partial charge >= 0.3 is 6.03 Å². The summed E-state index contributed by atoms with van der Waals surface area (Å²) in [7, 11) is -1.37. The van der Waals surface area contributed by atoms with Crippen LogP contribution in [0.25, 0.3) is 0 Å². The van der Waals surface area contributed by atoms with Crippen molar-refractivity contribution in [2.24, 2.45) is 0 Å². The molecule has 1 heterocycles. The lowest BCUT2D eigenvalue weighted by atomic mass is 10.4. The molecule has 0 aliphatic carbocycles. The van der Waals surface area contributed by atoms with E-state index >= 15 is 0 Å². The predicted molar refractivity (Wildman–Crippen MR) is 49.3 cm³/mol. The highest BCUT2D eigenvalue weighted by Crippen LogP contribution is 2.04. The number of nitrogens with zero attached hydrogens (tertiary/aromatic N) is 1. The van der Waals surface area contributed by atoms with E-state index in [9.17, 15) is 13.2 Å². The summed E-state index contributed by atoms with van der Waals surface area (Å²) in [5, 5.41) is 2.48. The first kappa shape index (κ1) is 10.3. The van der Waals surface area contributed by atoms with E-state index in [1.54, 1.807) is 7.05 Å². The number of urea groups is 1. The Hall–Kier alpha value is -0.780. The Morgan fingerprint density at radius 3 is 2.62 bits per heavy atom. The molecule has 0 atom stereocenters. The van der Waals surface area contributed by atoms with E-state index in [-0.39, 0.29) is 17.5 Å². The molecule has 0 aromatic carbocycles. The molecule has 0 spiro atoms. The fourth-order valence-electron chi connectivity index (χ4n) is 1.30. The van der Waals surface area contributed by atoms with Crippen molar-refractivity contribution in [3.63, 3.8) is 0 Å². The Morgan fingerprint density at radius 2 is 2.00 bits per heavy atom. The molecule has 0 unspecified atom stereocenters. The van der Waals surface area contributed by atoms with Gasteiger partial charge in [0.25, 0.3) is 0 Å². The van der Waals surface area contributed by atoms with Crippen LogP contribution in [0.4, 0.5) is 4.79 Å². The molecule has 1 aliphatic rings. The largest absolute Gasteiger partial charge is 0.341 e. The Balaban J connectivity index is 2.60. The molecule has 0 saturated carbocycles. The van der Waals surface area contributed by atoms with Crippen LogP contribution in [0.2, 0.25) is 0 Å². The standard InChI is InChI=1S/C7H14N2O3S/c1-8-7(10)9-3-2-5-13(11,12)6-4-9/h2-6H2,1H3,(H,8,10). The number of hydrogen-bond acceptors (Lipinski definition) is 3. The van der Waals surface area contributed by atoms with Gasteiger partial charge in [-0.3, -0.25) is 0 Å². The summed E-state index contributed by atoms with van der Waals surface area (Å²) < 4.78 is 22.3. The van der Waals surface area contributed by atoms with Crippen LogP contribution in [0.3, 0.4) is 0 Å². The second kappa shape index (κ2) is 3.95. The molecule has 6 heteroatoms. The van der Waals surface area contributed by atoms with Gasteiger partial charge in [0, 0.05) is 20.1 Å². The summed E-state index contributed by atoms with van der Waals surface area (Å²) in [6, 6.07) is -0.197. The van der Waals surface area contributed by atoms with Crippen LogP contribution in [0.1, 0.15) is 6.42 Å².